The smallest absolute Gasteiger partial charge is 0.247 e. The van der Waals surface area contributed by atoms with Crippen LogP contribution in [0.15, 0.2) is 55.4 Å². The van der Waals surface area contributed by atoms with Gasteiger partial charge in [0.2, 0.25) is 11.9 Å². The fourth-order valence-corrected chi connectivity index (χ4v) is 4.47. The Balaban J connectivity index is 1.71. The lowest BCUT2D eigenvalue weighted by Crippen LogP contribution is -2.29. The van der Waals surface area contributed by atoms with E-state index in [1.54, 1.807) is 23.1 Å². The molecule has 2 N–H and O–H groups in total. The highest BCUT2D eigenvalue weighted by Crippen LogP contribution is 2.34. The second-order valence-corrected chi connectivity index (χ2v) is 10.3. The second kappa shape index (κ2) is 12.3. The summed E-state index contributed by atoms with van der Waals surface area (Å²) in [6, 6.07) is 9.17. The van der Waals surface area contributed by atoms with Crippen LogP contribution in [0.4, 0.5) is 27.4 Å². The third kappa shape index (κ3) is 6.28. The zero-order chi connectivity index (χ0) is 29.0. The molecule has 0 aliphatic heterocycles. The van der Waals surface area contributed by atoms with Crippen molar-refractivity contribution in [3.8, 4) is 11.3 Å². The van der Waals surface area contributed by atoms with Crippen LogP contribution in [0.2, 0.25) is 0 Å². The fraction of sp³-hybridized carbons (Fsp3) is 0.333. The molecule has 0 unspecified atom stereocenters. The van der Waals surface area contributed by atoms with Crippen molar-refractivity contribution in [1.82, 2.24) is 24.6 Å². The number of rotatable bonds is 11. The zero-order valence-corrected chi connectivity index (χ0v) is 24.0. The summed E-state index contributed by atoms with van der Waals surface area (Å²) < 4.78 is 16.8. The fourth-order valence-electron chi connectivity index (χ4n) is 4.47. The van der Waals surface area contributed by atoms with Gasteiger partial charge in [-0.2, -0.15) is 5.10 Å². The van der Waals surface area contributed by atoms with Crippen LogP contribution >= 0.6 is 0 Å². The molecule has 4 aromatic rings. The summed E-state index contributed by atoms with van der Waals surface area (Å²) in [5.41, 5.74) is 5.27. The van der Waals surface area contributed by atoms with E-state index in [2.05, 4.69) is 50.1 Å². The first-order valence-corrected chi connectivity index (χ1v) is 13.3. The van der Waals surface area contributed by atoms with E-state index in [4.69, 9.17) is 4.98 Å². The Labute approximate surface area is 234 Å². The normalized spacial score (nSPS) is 11.3. The first-order valence-electron chi connectivity index (χ1n) is 13.3. The van der Waals surface area contributed by atoms with Gasteiger partial charge in [0.05, 0.1) is 34.2 Å². The predicted octanol–water partition coefficient (Wildman–Crippen LogP) is 5.64. The Kier molecular flexibility index (Phi) is 8.79. The number of hydrogen-bond acceptors (Lipinski definition) is 7. The van der Waals surface area contributed by atoms with Gasteiger partial charge in [0.15, 0.2) is 0 Å². The maximum Gasteiger partial charge on any atom is 0.247 e. The molecule has 210 valence electrons. The first kappa shape index (κ1) is 28.7. The van der Waals surface area contributed by atoms with Gasteiger partial charge in [-0.3, -0.25) is 9.48 Å². The average molecular weight is 545 g/mol. The summed E-state index contributed by atoms with van der Waals surface area (Å²) >= 11 is 0. The summed E-state index contributed by atoms with van der Waals surface area (Å²) in [5.74, 6) is -0.286. The van der Waals surface area contributed by atoms with Crippen LogP contribution in [-0.4, -0.2) is 64.8 Å². The molecule has 1 amide bonds. The minimum absolute atomic E-state index is 0.0860. The number of benzene rings is 2. The highest BCUT2D eigenvalue weighted by Gasteiger charge is 2.17. The molecule has 0 fully saturated rings. The van der Waals surface area contributed by atoms with Crippen LogP contribution in [0.25, 0.3) is 22.2 Å². The molecule has 2 aromatic heterocycles. The van der Waals surface area contributed by atoms with E-state index in [0.29, 0.717) is 33.8 Å². The van der Waals surface area contributed by atoms with Gasteiger partial charge < -0.3 is 20.4 Å². The molecule has 0 aliphatic carbocycles. The van der Waals surface area contributed by atoms with E-state index in [-0.39, 0.29) is 17.8 Å². The molecule has 0 saturated carbocycles. The van der Waals surface area contributed by atoms with E-state index >= 15 is 0 Å². The number of nitrogens with one attached hydrogen (secondary N) is 2. The van der Waals surface area contributed by atoms with Crippen molar-refractivity contribution >= 4 is 39.8 Å². The van der Waals surface area contributed by atoms with Crippen molar-refractivity contribution in [2.24, 2.45) is 0 Å². The Morgan fingerprint density at radius 3 is 2.60 bits per heavy atom. The average Bonchev–Trinajstić information content (AvgIpc) is 3.37. The van der Waals surface area contributed by atoms with Crippen LogP contribution in [0.3, 0.4) is 0 Å². The molecular weight excluding hydrogens is 507 g/mol. The molecule has 0 radical (unpaired) electrons. The molecular formula is C30H37FN8O. The maximum absolute atomic E-state index is 15.0. The number of fused-ring (bicyclic) bond motifs is 1. The number of anilines is 4. The Bertz CT molecular complexity index is 1530. The van der Waals surface area contributed by atoms with Gasteiger partial charge in [-0.15, -0.1) is 0 Å². The minimum Gasteiger partial charge on any atom is -0.372 e. The lowest BCUT2D eigenvalue weighted by molar-refractivity contribution is -0.111. The van der Waals surface area contributed by atoms with Crippen LogP contribution in [0.5, 0.6) is 0 Å². The van der Waals surface area contributed by atoms with E-state index in [0.717, 1.165) is 36.4 Å². The Hall–Kier alpha value is -4.31. The lowest BCUT2D eigenvalue weighted by Gasteiger charge is -2.26. The molecule has 4 rings (SSSR count). The van der Waals surface area contributed by atoms with Gasteiger partial charge >= 0.3 is 0 Å². The number of aryl methyl sites for hydroxylation is 1. The van der Waals surface area contributed by atoms with E-state index in [1.165, 1.54) is 12.1 Å². The van der Waals surface area contributed by atoms with Crippen LogP contribution in [0, 0.1) is 5.82 Å². The quantitative estimate of drug-likeness (QED) is 0.236. The van der Waals surface area contributed by atoms with Gasteiger partial charge in [0, 0.05) is 43.6 Å². The van der Waals surface area contributed by atoms with Crippen LogP contribution in [0.1, 0.15) is 32.4 Å². The molecule has 10 heteroatoms. The molecule has 9 nitrogen and oxygen atoms in total. The van der Waals surface area contributed by atoms with Crippen LogP contribution in [-0.2, 0) is 11.2 Å². The monoisotopic (exact) mass is 544 g/mol. The molecule has 0 saturated heterocycles. The lowest BCUT2D eigenvalue weighted by atomic mass is 10.1. The highest BCUT2D eigenvalue weighted by atomic mass is 19.1. The number of hydrogen-bond donors (Lipinski definition) is 2. The topological polar surface area (TPSA) is 91.2 Å². The number of likely N-dealkylation sites (N-methyl/N-ethyl adjacent to an activating group) is 2. The second-order valence-electron chi connectivity index (χ2n) is 10.3. The first-order chi connectivity index (χ1) is 19.1. The number of carbonyl (C=O) groups is 1. The molecule has 0 spiro atoms. The molecule has 2 aromatic carbocycles. The number of nitrogens with zero attached hydrogens (tertiary/aromatic N) is 6. The van der Waals surface area contributed by atoms with Crippen molar-refractivity contribution in [2.75, 3.05) is 49.8 Å². The third-order valence-electron chi connectivity index (χ3n) is 6.69. The van der Waals surface area contributed by atoms with E-state index in [9.17, 15) is 9.18 Å². The van der Waals surface area contributed by atoms with Gasteiger partial charge in [0.1, 0.15) is 5.82 Å². The van der Waals surface area contributed by atoms with Gasteiger partial charge in [-0.1, -0.05) is 13.5 Å². The summed E-state index contributed by atoms with van der Waals surface area (Å²) in [4.78, 5) is 25.6. The van der Waals surface area contributed by atoms with Crippen molar-refractivity contribution in [2.45, 2.75) is 33.2 Å². The number of amides is 1. The summed E-state index contributed by atoms with van der Waals surface area (Å²) in [6.07, 6.45) is 5.19. The number of halogens is 1. The van der Waals surface area contributed by atoms with Gasteiger partial charge in [-0.25, -0.2) is 14.4 Å². The van der Waals surface area contributed by atoms with Gasteiger partial charge in [-0.05, 0) is 76.3 Å². The molecule has 40 heavy (non-hydrogen) atoms. The highest BCUT2D eigenvalue weighted by molar-refractivity contribution is 6.02. The third-order valence-corrected chi connectivity index (χ3v) is 6.69. The molecule has 0 aliphatic rings. The Morgan fingerprint density at radius 1 is 1.15 bits per heavy atom. The largest absolute Gasteiger partial charge is 0.372 e. The van der Waals surface area contributed by atoms with Crippen molar-refractivity contribution < 1.29 is 9.18 Å². The molecule has 2 heterocycles. The Morgan fingerprint density at radius 2 is 1.93 bits per heavy atom. The zero-order valence-electron chi connectivity index (χ0n) is 24.0. The van der Waals surface area contributed by atoms with E-state index < -0.39 is 0 Å². The molecule has 0 bridgehead atoms. The maximum atomic E-state index is 15.0. The van der Waals surface area contributed by atoms with Crippen LogP contribution < -0.4 is 15.5 Å². The summed E-state index contributed by atoms with van der Waals surface area (Å²) in [5, 5.41) is 11.1. The summed E-state index contributed by atoms with van der Waals surface area (Å²) in [7, 11) is 6.05. The number of aromatic nitrogens is 4. The van der Waals surface area contributed by atoms with Gasteiger partial charge in [0.25, 0.3) is 0 Å². The number of carbonyl (C=O) groups excluding carboxylic acids is 1. The van der Waals surface area contributed by atoms with Crippen molar-refractivity contribution in [3.63, 3.8) is 0 Å². The van der Waals surface area contributed by atoms with Crippen molar-refractivity contribution in [3.05, 3.63) is 66.8 Å². The molecule has 0 atom stereocenters. The standard InChI is InChI=1S/C30H37FN8O/c1-8-20-15-28(38(7)13-12-37(5)6)26(34-29(40)9-2)17-25(20)36-30-32-11-10-24(35-30)21-14-23(31)22-18-33-39(19(3)4)27(22)16-21/h9-11,14-19H,2,8,12-13H2,1,3-7H3,(H,34,40)(H,32,35,36). The SMILES string of the molecule is C=CC(=O)Nc1cc(Nc2nccc(-c3cc(F)c4cnn(C(C)C)c4c3)n2)c(CC)cc1N(C)CCN(C)C. The van der Waals surface area contributed by atoms with Crippen molar-refractivity contribution in [1.29, 1.82) is 0 Å². The predicted molar refractivity (Wildman–Crippen MR) is 161 cm³/mol. The van der Waals surface area contributed by atoms with E-state index in [1.807, 2.05) is 47.1 Å². The summed E-state index contributed by atoms with van der Waals surface area (Å²) in [6.45, 7) is 11.3. The minimum atomic E-state index is -0.350.